The van der Waals surface area contributed by atoms with Crippen LogP contribution in [0, 0.1) is 0 Å². The molecule has 1 atom stereocenters. The molecule has 0 aliphatic carbocycles. The predicted octanol–water partition coefficient (Wildman–Crippen LogP) is 2.47. The number of carbonyl (C=O) groups is 1. The molecule has 1 unspecified atom stereocenters. The van der Waals surface area contributed by atoms with E-state index in [1.54, 1.807) is 19.1 Å². The molecule has 1 rings (SSSR count). The van der Waals surface area contributed by atoms with Crippen LogP contribution in [0.25, 0.3) is 0 Å². The Labute approximate surface area is 90.9 Å². The highest BCUT2D eigenvalue weighted by Crippen LogP contribution is 2.35. The summed E-state index contributed by atoms with van der Waals surface area (Å²) >= 11 is 6.93. The minimum atomic E-state index is -1.29. The van der Waals surface area contributed by atoms with Crippen molar-refractivity contribution in [2.75, 3.05) is 0 Å². The Morgan fingerprint density at radius 1 is 1.64 bits per heavy atom. The summed E-state index contributed by atoms with van der Waals surface area (Å²) in [5.74, 6) is -1.01. The highest BCUT2D eigenvalue weighted by Gasteiger charge is 2.31. The van der Waals surface area contributed by atoms with Gasteiger partial charge in [-0.3, -0.25) is 4.79 Å². The lowest BCUT2D eigenvalue weighted by molar-refractivity contribution is -0.143. The van der Waals surface area contributed by atoms with Crippen molar-refractivity contribution in [1.29, 1.82) is 0 Å². The number of halogens is 1. The van der Waals surface area contributed by atoms with Crippen LogP contribution >= 0.6 is 22.9 Å². The van der Waals surface area contributed by atoms with Gasteiger partial charge in [-0.15, -0.1) is 11.3 Å². The lowest BCUT2D eigenvalue weighted by Crippen LogP contribution is -2.26. The molecule has 1 aromatic rings. The zero-order valence-electron chi connectivity index (χ0n) is 7.66. The van der Waals surface area contributed by atoms with Crippen molar-refractivity contribution in [3.05, 3.63) is 21.3 Å². The first kappa shape index (κ1) is 11.5. The van der Waals surface area contributed by atoms with Gasteiger partial charge in [0.2, 0.25) is 0 Å². The number of hydrogen-bond acceptors (Lipinski definition) is 3. The Morgan fingerprint density at radius 3 is 2.64 bits per heavy atom. The van der Waals surface area contributed by atoms with Crippen LogP contribution in [0.5, 0.6) is 0 Å². The Morgan fingerprint density at radius 2 is 2.29 bits per heavy atom. The summed E-state index contributed by atoms with van der Waals surface area (Å²) in [4.78, 5) is 11.2. The molecular weight excluding hydrogens is 224 g/mol. The van der Waals surface area contributed by atoms with Crippen molar-refractivity contribution < 1.29 is 15.0 Å². The summed E-state index contributed by atoms with van der Waals surface area (Å²) in [5.41, 5.74) is -1.29. The maximum atomic E-state index is 10.6. The Balaban J connectivity index is 2.94. The fourth-order valence-electron chi connectivity index (χ4n) is 1.20. The fourth-order valence-corrected chi connectivity index (χ4v) is 2.40. The average molecular weight is 235 g/mol. The van der Waals surface area contributed by atoms with Gasteiger partial charge in [-0.1, -0.05) is 18.5 Å². The van der Waals surface area contributed by atoms with Gasteiger partial charge in [0.1, 0.15) is 5.60 Å². The van der Waals surface area contributed by atoms with E-state index < -0.39 is 11.6 Å². The number of carboxylic acid groups (broad SMARTS) is 1. The molecular formula is C9H11ClO3S. The summed E-state index contributed by atoms with van der Waals surface area (Å²) in [6, 6.07) is 3.32. The number of rotatable bonds is 4. The second-order valence-electron chi connectivity index (χ2n) is 3.06. The van der Waals surface area contributed by atoms with Crippen molar-refractivity contribution in [3.8, 4) is 0 Å². The molecule has 2 N–H and O–H groups in total. The van der Waals surface area contributed by atoms with Gasteiger partial charge in [0.25, 0.3) is 0 Å². The molecule has 0 fully saturated rings. The van der Waals surface area contributed by atoms with E-state index in [-0.39, 0.29) is 6.42 Å². The van der Waals surface area contributed by atoms with Crippen molar-refractivity contribution in [3.63, 3.8) is 0 Å². The van der Waals surface area contributed by atoms with E-state index in [0.29, 0.717) is 15.6 Å². The van der Waals surface area contributed by atoms with Crippen LogP contribution in [-0.2, 0) is 10.4 Å². The average Bonchev–Trinajstić information content (AvgIpc) is 2.51. The lowest BCUT2D eigenvalue weighted by atomic mass is 9.95. The Kier molecular flexibility index (Phi) is 3.53. The van der Waals surface area contributed by atoms with Gasteiger partial charge < -0.3 is 10.2 Å². The maximum Gasteiger partial charge on any atom is 0.306 e. The van der Waals surface area contributed by atoms with Crippen molar-refractivity contribution in [1.82, 2.24) is 0 Å². The largest absolute Gasteiger partial charge is 0.481 e. The van der Waals surface area contributed by atoms with Gasteiger partial charge in [0.05, 0.1) is 10.8 Å². The Hall–Kier alpha value is -0.580. The van der Waals surface area contributed by atoms with Crippen LogP contribution in [0.1, 0.15) is 24.6 Å². The van der Waals surface area contributed by atoms with Crippen LogP contribution in [0.15, 0.2) is 12.1 Å². The van der Waals surface area contributed by atoms with Gasteiger partial charge in [-0.25, -0.2) is 0 Å². The van der Waals surface area contributed by atoms with Crippen LogP contribution in [0.2, 0.25) is 4.34 Å². The highest BCUT2D eigenvalue weighted by molar-refractivity contribution is 7.16. The van der Waals surface area contributed by atoms with E-state index >= 15 is 0 Å². The van der Waals surface area contributed by atoms with E-state index in [4.69, 9.17) is 16.7 Å². The molecule has 14 heavy (non-hydrogen) atoms. The summed E-state index contributed by atoms with van der Waals surface area (Å²) in [7, 11) is 0. The minimum Gasteiger partial charge on any atom is -0.481 e. The number of carboxylic acids is 1. The monoisotopic (exact) mass is 234 g/mol. The molecule has 0 saturated heterocycles. The van der Waals surface area contributed by atoms with E-state index in [9.17, 15) is 9.90 Å². The molecule has 0 bridgehead atoms. The topological polar surface area (TPSA) is 57.5 Å². The van der Waals surface area contributed by atoms with Crippen LogP contribution in [-0.4, -0.2) is 16.2 Å². The maximum absolute atomic E-state index is 10.6. The van der Waals surface area contributed by atoms with E-state index in [1.165, 1.54) is 11.3 Å². The third-order valence-corrected chi connectivity index (χ3v) is 3.48. The molecule has 0 radical (unpaired) electrons. The van der Waals surface area contributed by atoms with Gasteiger partial charge in [0, 0.05) is 4.88 Å². The van der Waals surface area contributed by atoms with Gasteiger partial charge >= 0.3 is 5.97 Å². The number of hydrogen-bond donors (Lipinski definition) is 2. The summed E-state index contributed by atoms with van der Waals surface area (Å²) in [6.45, 7) is 1.75. The van der Waals surface area contributed by atoms with Crippen molar-refractivity contribution in [2.45, 2.75) is 25.4 Å². The summed E-state index contributed by atoms with van der Waals surface area (Å²) < 4.78 is 0.553. The highest BCUT2D eigenvalue weighted by atomic mass is 35.5. The quantitative estimate of drug-likeness (QED) is 0.842. The molecule has 0 spiro atoms. The van der Waals surface area contributed by atoms with Crippen molar-refractivity contribution >= 4 is 28.9 Å². The van der Waals surface area contributed by atoms with Gasteiger partial charge in [-0.05, 0) is 18.6 Å². The molecule has 0 aliphatic rings. The second-order valence-corrected chi connectivity index (χ2v) is 4.77. The predicted molar refractivity (Wildman–Crippen MR) is 55.8 cm³/mol. The summed E-state index contributed by atoms with van der Waals surface area (Å²) in [6.07, 6.45) is 0.0660. The second kappa shape index (κ2) is 4.29. The van der Waals surface area contributed by atoms with E-state index in [2.05, 4.69) is 0 Å². The molecule has 1 heterocycles. The molecule has 0 amide bonds. The van der Waals surface area contributed by atoms with E-state index in [0.717, 1.165) is 0 Å². The van der Waals surface area contributed by atoms with Gasteiger partial charge in [0.15, 0.2) is 0 Å². The molecule has 5 heteroatoms. The van der Waals surface area contributed by atoms with Crippen LogP contribution < -0.4 is 0 Å². The lowest BCUT2D eigenvalue weighted by Gasteiger charge is -2.23. The molecule has 0 aromatic carbocycles. The Bertz CT molecular complexity index is 337. The zero-order valence-corrected chi connectivity index (χ0v) is 9.23. The molecule has 1 aromatic heterocycles. The number of aliphatic hydroxyl groups is 1. The third-order valence-electron chi connectivity index (χ3n) is 2.06. The molecule has 0 aliphatic heterocycles. The first-order valence-electron chi connectivity index (χ1n) is 4.18. The normalized spacial score (nSPS) is 15.1. The molecule has 0 saturated carbocycles. The molecule has 78 valence electrons. The number of aliphatic carboxylic acids is 1. The third kappa shape index (κ3) is 2.47. The van der Waals surface area contributed by atoms with Crippen molar-refractivity contribution in [2.24, 2.45) is 0 Å². The standard InChI is InChI=1S/C9H11ClO3S/c1-2-9(13,5-8(11)12)6-3-4-7(10)14-6/h3-4,13H,2,5H2,1H3,(H,11,12). The SMILES string of the molecule is CCC(O)(CC(=O)O)c1ccc(Cl)s1. The van der Waals surface area contributed by atoms with E-state index in [1.807, 2.05) is 0 Å². The van der Waals surface area contributed by atoms with Crippen LogP contribution in [0.3, 0.4) is 0 Å². The summed E-state index contributed by atoms with van der Waals surface area (Å²) in [5, 5.41) is 18.7. The first-order valence-corrected chi connectivity index (χ1v) is 5.37. The molecule has 3 nitrogen and oxygen atoms in total. The number of thiophene rings is 1. The zero-order chi connectivity index (χ0) is 10.8. The van der Waals surface area contributed by atoms with Crippen LogP contribution in [0.4, 0.5) is 0 Å². The first-order chi connectivity index (χ1) is 6.48. The minimum absolute atomic E-state index is 0.291. The smallest absolute Gasteiger partial charge is 0.306 e. The van der Waals surface area contributed by atoms with Gasteiger partial charge in [-0.2, -0.15) is 0 Å². The fraction of sp³-hybridized carbons (Fsp3) is 0.444.